The standard InChI is InChI=1S/C15H30N2O2S/c1-4-8-17-9-5-6-14(11-17)13(2)16-15(3)7-10-20(18,19)12-15/h13-14,16H,4-12H2,1-3H3. The average Bonchev–Trinajstić information content (AvgIpc) is 2.64. The lowest BCUT2D eigenvalue weighted by molar-refractivity contribution is 0.139. The van der Waals surface area contributed by atoms with E-state index in [1.54, 1.807) is 0 Å². The molecule has 2 heterocycles. The molecule has 20 heavy (non-hydrogen) atoms. The highest BCUT2D eigenvalue weighted by atomic mass is 32.2. The molecule has 0 aromatic carbocycles. The quantitative estimate of drug-likeness (QED) is 0.839. The molecule has 4 nitrogen and oxygen atoms in total. The Morgan fingerprint density at radius 2 is 2.20 bits per heavy atom. The molecule has 0 radical (unpaired) electrons. The number of nitrogens with one attached hydrogen (secondary N) is 1. The van der Waals surface area contributed by atoms with E-state index >= 15 is 0 Å². The second-order valence-corrected chi connectivity index (χ2v) is 9.22. The van der Waals surface area contributed by atoms with Crippen LogP contribution in [0.1, 0.15) is 46.5 Å². The number of rotatable bonds is 5. The molecule has 2 saturated heterocycles. The number of nitrogens with zero attached hydrogens (tertiary/aromatic N) is 1. The normalized spacial score (nSPS) is 36.0. The van der Waals surface area contributed by atoms with Crippen molar-refractivity contribution in [1.29, 1.82) is 0 Å². The lowest BCUT2D eigenvalue weighted by Crippen LogP contribution is -2.53. The largest absolute Gasteiger partial charge is 0.308 e. The van der Waals surface area contributed by atoms with Gasteiger partial charge in [0.1, 0.15) is 0 Å². The maximum absolute atomic E-state index is 11.7. The van der Waals surface area contributed by atoms with Gasteiger partial charge in [-0.15, -0.1) is 0 Å². The summed E-state index contributed by atoms with van der Waals surface area (Å²) < 4.78 is 23.4. The SMILES string of the molecule is CCCN1CCCC(C(C)NC2(C)CCS(=O)(=O)C2)C1. The molecule has 2 aliphatic heterocycles. The molecule has 2 fully saturated rings. The molecule has 3 unspecified atom stereocenters. The Morgan fingerprint density at radius 3 is 2.80 bits per heavy atom. The van der Waals surface area contributed by atoms with Crippen LogP contribution < -0.4 is 5.32 Å². The third kappa shape index (κ3) is 4.18. The van der Waals surface area contributed by atoms with Crippen molar-refractivity contribution in [3.63, 3.8) is 0 Å². The van der Waals surface area contributed by atoms with Crippen molar-refractivity contribution in [1.82, 2.24) is 10.2 Å². The predicted octanol–water partition coefficient (Wildman–Crippen LogP) is 1.66. The fourth-order valence-corrected chi connectivity index (χ4v) is 5.91. The van der Waals surface area contributed by atoms with E-state index in [9.17, 15) is 8.42 Å². The highest BCUT2D eigenvalue weighted by molar-refractivity contribution is 7.91. The maximum Gasteiger partial charge on any atom is 0.152 e. The second-order valence-electron chi connectivity index (χ2n) is 7.04. The van der Waals surface area contributed by atoms with Gasteiger partial charge < -0.3 is 10.2 Å². The van der Waals surface area contributed by atoms with E-state index in [4.69, 9.17) is 0 Å². The summed E-state index contributed by atoms with van der Waals surface area (Å²) in [6.07, 6.45) is 4.50. The Morgan fingerprint density at radius 1 is 1.45 bits per heavy atom. The summed E-state index contributed by atoms with van der Waals surface area (Å²) >= 11 is 0. The molecule has 2 aliphatic rings. The van der Waals surface area contributed by atoms with E-state index in [2.05, 4.69) is 31.0 Å². The van der Waals surface area contributed by atoms with E-state index in [0.717, 1.165) is 13.0 Å². The Hall–Kier alpha value is -0.130. The van der Waals surface area contributed by atoms with Crippen LogP contribution in [0.5, 0.6) is 0 Å². The van der Waals surface area contributed by atoms with Gasteiger partial charge in [0.25, 0.3) is 0 Å². The molecule has 0 aliphatic carbocycles. The molecule has 0 bridgehead atoms. The molecule has 5 heteroatoms. The van der Waals surface area contributed by atoms with Crippen LogP contribution in [0.4, 0.5) is 0 Å². The number of piperidine rings is 1. The van der Waals surface area contributed by atoms with Crippen molar-refractivity contribution < 1.29 is 8.42 Å². The van der Waals surface area contributed by atoms with Gasteiger partial charge in [0.2, 0.25) is 0 Å². The zero-order valence-corrected chi connectivity index (χ0v) is 14.0. The highest BCUT2D eigenvalue weighted by Gasteiger charge is 2.40. The zero-order chi connectivity index (χ0) is 14.8. The third-order valence-corrected chi connectivity index (χ3v) is 6.77. The molecule has 1 N–H and O–H groups in total. The Kier molecular flexibility index (Phi) is 5.14. The first-order valence-electron chi connectivity index (χ1n) is 8.04. The average molecular weight is 302 g/mol. The summed E-state index contributed by atoms with van der Waals surface area (Å²) in [6, 6.07) is 0.396. The van der Waals surface area contributed by atoms with Gasteiger partial charge in [-0.2, -0.15) is 0 Å². The summed E-state index contributed by atoms with van der Waals surface area (Å²) in [4.78, 5) is 2.56. The van der Waals surface area contributed by atoms with Gasteiger partial charge in [0.05, 0.1) is 11.5 Å². The summed E-state index contributed by atoms with van der Waals surface area (Å²) in [5, 5.41) is 3.64. The molecule has 0 aromatic rings. The fourth-order valence-electron chi connectivity index (χ4n) is 3.81. The number of sulfone groups is 1. The Balaban J connectivity index is 1.89. The van der Waals surface area contributed by atoms with Gasteiger partial charge in [0, 0.05) is 18.1 Å². The van der Waals surface area contributed by atoms with Crippen molar-refractivity contribution in [3.8, 4) is 0 Å². The van der Waals surface area contributed by atoms with Crippen molar-refractivity contribution in [2.45, 2.75) is 58.0 Å². The van der Waals surface area contributed by atoms with Crippen LogP contribution >= 0.6 is 0 Å². The minimum atomic E-state index is -2.82. The van der Waals surface area contributed by atoms with E-state index in [1.807, 2.05) is 0 Å². The van der Waals surface area contributed by atoms with Crippen LogP contribution in [0.3, 0.4) is 0 Å². The number of hydrogen-bond donors (Lipinski definition) is 1. The second kappa shape index (κ2) is 6.32. The van der Waals surface area contributed by atoms with Crippen LogP contribution in [0.25, 0.3) is 0 Å². The van der Waals surface area contributed by atoms with E-state index in [-0.39, 0.29) is 5.54 Å². The van der Waals surface area contributed by atoms with Crippen LogP contribution in [-0.4, -0.2) is 56.0 Å². The predicted molar refractivity (Wildman–Crippen MR) is 83.7 cm³/mol. The molecular formula is C15H30N2O2S. The molecule has 2 rings (SSSR count). The van der Waals surface area contributed by atoms with Gasteiger partial charge in [0.15, 0.2) is 9.84 Å². The topological polar surface area (TPSA) is 49.4 Å². The first-order chi connectivity index (χ1) is 9.34. The molecule has 0 saturated carbocycles. The minimum absolute atomic E-state index is 0.217. The number of likely N-dealkylation sites (tertiary alicyclic amines) is 1. The highest BCUT2D eigenvalue weighted by Crippen LogP contribution is 2.27. The molecule has 0 aromatic heterocycles. The van der Waals surface area contributed by atoms with Gasteiger partial charge in [-0.1, -0.05) is 6.92 Å². The van der Waals surface area contributed by atoms with Crippen LogP contribution in [0.15, 0.2) is 0 Å². The van der Waals surface area contributed by atoms with Gasteiger partial charge in [-0.25, -0.2) is 8.42 Å². The Labute approximate surface area is 124 Å². The summed E-state index contributed by atoms with van der Waals surface area (Å²) in [7, 11) is -2.82. The van der Waals surface area contributed by atoms with Crippen LogP contribution in [0, 0.1) is 5.92 Å². The fraction of sp³-hybridized carbons (Fsp3) is 1.00. The van der Waals surface area contributed by atoms with Crippen LogP contribution in [0.2, 0.25) is 0 Å². The van der Waals surface area contributed by atoms with Crippen LogP contribution in [-0.2, 0) is 9.84 Å². The molecular weight excluding hydrogens is 272 g/mol. The van der Waals surface area contributed by atoms with E-state index in [1.165, 1.54) is 32.4 Å². The monoisotopic (exact) mass is 302 g/mol. The maximum atomic E-state index is 11.7. The minimum Gasteiger partial charge on any atom is -0.308 e. The molecule has 0 amide bonds. The van der Waals surface area contributed by atoms with Gasteiger partial charge in [-0.05, 0) is 58.5 Å². The molecule has 118 valence electrons. The van der Waals surface area contributed by atoms with Crippen molar-refractivity contribution in [2.75, 3.05) is 31.1 Å². The molecule has 3 atom stereocenters. The van der Waals surface area contributed by atoms with E-state index in [0.29, 0.717) is 23.5 Å². The lowest BCUT2D eigenvalue weighted by Gasteiger charge is -2.39. The smallest absolute Gasteiger partial charge is 0.152 e. The van der Waals surface area contributed by atoms with Crippen molar-refractivity contribution in [2.24, 2.45) is 5.92 Å². The summed E-state index contributed by atoms with van der Waals surface area (Å²) in [5.74, 6) is 1.29. The van der Waals surface area contributed by atoms with Crippen molar-refractivity contribution >= 4 is 9.84 Å². The number of hydrogen-bond acceptors (Lipinski definition) is 4. The van der Waals surface area contributed by atoms with Gasteiger partial charge >= 0.3 is 0 Å². The third-order valence-electron chi connectivity index (χ3n) is 4.87. The molecule has 0 spiro atoms. The summed E-state index contributed by atoms with van der Waals surface area (Å²) in [5.41, 5.74) is -0.217. The summed E-state index contributed by atoms with van der Waals surface area (Å²) in [6.45, 7) is 10.1. The van der Waals surface area contributed by atoms with Crippen molar-refractivity contribution in [3.05, 3.63) is 0 Å². The first-order valence-corrected chi connectivity index (χ1v) is 9.86. The van der Waals surface area contributed by atoms with Gasteiger partial charge in [-0.3, -0.25) is 0 Å². The van der Waals surface area contributed by atoms with E-state index < -0.39 is 9.84 Å². The lowest BCUT2D eigenvalue weighted by atomic mass is 9.89. The zero-order valence-electron chi connectivity index (χ0n) is 13.2. The Bertz CT molecular complexity index is 422. The first kappa shape index (κ1) is 16.2.